The van der Waals surface area contributed by atoms with Gasteiger partial charge >= 0.3 is 5.69 Å². The molecule has 0 unspecified atom stereocenters. The van der Waals surface area contributed by atoms with Crippen molar-refractivity contribution in [2.45, 2.75) is 45.1 Å². The van der Waals surface area contributed by atoms with E-state index in [1.165, 1.54) is 45.9 Å². The lowest BCUT2D eigenvalue weighted by Gasteiger charge is -2.29. The monoisotopic (exact) mass is 459 g/mol. The summed E-state index contributed by atoms with van der Waals surface area (Å²) in [6, 6.07) is 5.52. The van der Waals surface area contributed by atoms with Crippen molar-refractivity contribution >= 4 is 0 Å². The van der Waals surface area contributed by atoms with Gasteiger partial charge in [-0.3, -0.25) is 14.3 Å². The molecule has 1 fully saturated rings. The van der Waals surface area contributed by atoms with Gasteiger partial charge in [-0.2, -0.15) is 0 Å². The van der Waals surface area contributed by atoms with Crippen LogP contribution in [0.3, 0.4) is 0 Å². The fourth-order valence-electron chi connectivity index (χ4n) is 3.46. The Morgan fingerprint density at radius 3 is 2.85 bits per heavy atom. The minimum atomic E-state index is -1.56. The lowest BCUT2D eigenvalue weighted by atomic mass is 9.99. The summed E-state index contributed by atoms with van der Waals surface area (Å²) in [5.41, 5.74) is -1.58. The molecule has 10 nitrogen and oxygen atoms in total. The number of nitrogens with zero attached hydrogens (tertiary/aromatic N) is 4. The number of aliphatic hydroxyl groups is 1. The molecule has 11 heteroatoms. The van der Waals surface area contributed by atoms with Crippen molar-refractivity contribution in [3.05, 3.63) is 74.6 Å². The summed E-state index contributed by atoms with van der Waals surface area (Å²) in [7, 11) is 0. The number of H-pyrrole nitrogens is 1. The number of benzene rings is 1. The minimum Gasteiger partial charge on any atom is -0.490 e. The number of aromatic nitrogens is 5. The molecule has 1 saturated carbocycles. The van der Waals surface area contributed by atoms with Gasteiger partial charge in [-0.15, -0.1) is 5.10 Å². The second-order valence-corrected chi connectivity index (χ2v) is 8.07. The van der Waals surface area contributed by atoms with Crippen LogP contribution in [0.2, 0.25) is 0 Å². The molecule has 0 aliphatic heterocycles. The normalized spacial score (nSPS) is 15.4. The first-order chi connectivity index (χ1) is 15.9. The molecule has 2 heterocycles. The van der Waals surface area contributed by atoms with Crippen molar-refractivity contribution in [3.63, 3.8) is 0 Å². The second kappa shape index (κ2) is 9.67. The lowest BCUT2D eigenvalue weighted by molar-refractivity contribution is -0.0163. The smallest absolute Gasteiger partial charge is 0.330 e. The maximum absolute atomic E-state index is 14.2. The predicted octanol–water partition coefficient (Wildman–Crippen LogP) is 1.38. The highest BCUT2D eigenvalue weighted by Gasteiger charge is 2.34. The lowest BCUT2D eigenvalue weighted by Crippen LogP contribution is -2.36. The Hall–Kier alpha value is -3.31. The van der Waals surface area contributed by atoms with E-state index in [9.17, 15) is 19.1 Å². The minimum absolute atomic E-state index is 0.0467. The Morgan fingerprint density at radius 1 is 1.30 bits per heavy atom. The number of aromatic amines is 1. The van der Waals surface area contributed by atoms with E-state index in [0.717, 1.165) is 12.8 Å². The Kier molecular flexibility index (Phi) is 6.70. The first kappa shape index (κ1) is 22.9. The fraction of sp³-hybridized carbons (Fsp3) is 0.455. The Balaban J connectivity index is 1.46. The number of hydrogen-bond donors (Lipinski definition) is 2. The van der Waals surface area contributed by atoms with Crippen LogP contribution in [0.5, 0.6) is 5.75 Å². The van der Waals surface area contributed by atoms with Gasteiger partial charge in [0.05, 0.1) is 25.1 Å². The third kappa shape index (κ3) is 5.20. The molecule has 0 saturated heterocycles. The van der Waals surface area contributed by atoms with Gasteiger partial charge in [-0.1, -0.05) is 18.2 Å². The van der Waals surface area contributed by atoms with Crippen LogP contribution < -0.4 is 16.0 Å². The molecule has 2 aromatic heterocycles. The van der Waals surface area contributed by atoms with Crippen LogP contribution in [-0.4, -0.2) is 42.9 Å². The summed E-state index contributed by atoms with van der Waals surface area (Å²) < 4.78 is 28.0. The number of ether oxygens (including phenoxy) is 2. The third-order valence-electron chi connectivity index (χ3n) is 5.66. The Morgan fingerprint density at radius 2 is 2.12 bits per heavy atom. The van der Waals surface area contributed by atoms with Crippen LogP contribution in [0, 0.1) is 11.7 Å². The first-order valence-corrected chi connectivity index (χ1v) is 10.8. The Bertz CT molecular complexity index is 1220. The quantitative estimate of drug-likeness (QED) is 0.415. The largest absolute Gasteiger partial charge is 0.490 e. The molecule has 0 spiro atoms. The van der Waals surface area contributed by atoms with Crippen LogP contribution in [0.1, 0.15) is 37.4 Å². The van der Waals surface area contributed by atoms with E-state index in [2.05, 4.69) is 15.3 Å². The molecule has 176 valence electrons. The average Bonchev–Trinajstić information content (AvgIpc) is 3.52. The van der Waals surface area contributed by atoms with Gasteiger partial charge in [0, 0.05) is 24.2 Å². The highest BCUT2D eigenvalue weighted by atomic mass is 19.1. The summed E-state index contributed by atoms with van der Waals surface area (Å²) in [5.74, 6) is 0.0807. The van der Waals surface area contributed by atoms with E-state index in [0.29, 0.717) is 30.2 Å². The van der Waals surface area contributed by atoms with E-state index < -0.39 is 22.8 Å². The van der Waals surface area contributed by atoms with E-state index in [1.54, 1.807) is 6.92 Å². The zero-order chi connectivity index (χ0) is 23.4. The fourth-order valence-corrected chi connectivity index (χ4v) is 3.46. The third-order valence-corrected chi connectivity index (χ3v) is 5.66. The number of nitrogens with one attached hydrogen (secondary N) is 1. The molecule has 4 rings (SSSR count). The van der Waals surface area contributed by atoms with Gasteiger partial charge in [0.2, 0.25) is 0 Å². The molecule has 0 bridgehead atoms. The number of hydrogen-bond acceptors (Lipinski definition) is 7. The Labute approximate surface area is 188 Å². The average molecular weight is 459 g/mol. The molecular weight excluding hydrogens is 433 g/mol. The zero-order valence-electron chi connectivity index (χ0n) is 18.2. The molecule has 0 radical (unpaired) electrons. The summed E-state index contributed by atoms with van der Waals surface area (Å²) >= 11 is 0. The van der Waals surface area contributed by atoms with E-state index in [-0.39, 0.29) is 25.5 Å². The van der Waals surface area contributed by atoms with Gasteiger partial charge in [-0.25, -0.2) is 13.9 Å². The van der Waals surface area contributed by atoms with Crippen molar-refractivity contribution in [3.8, 4) is 5.75 Å². The van der Waals surface area contributed by atoms with Crippen LogP contribution in [0.4, 0.5) is 4.39 Å². The molecule has 33 heavy (non-hydrogen) atoms. The van der Waals surface area contributed by atoms with Crippen LogP contribution in [-0.2, 0) is 23.6 Å². The van der Waals surface area contributed by atoms with Crippen molar-refractivity contribution in [2.24, 2.45) is 5.92 Å². The van der Waals surface area contributed by atoms with Crippen molar-refractivity contribution in [1.82, 2.24) is 24.5 Å². The summed E-state index contributed by atoms with van der Waals surface area (Å²) in [6.45, 7) is 2.40. The second-order valence-electron chi connectivity index (χ2n) is 8.07. The first-order valence-electron chi connectivity index (χ1n) is 10.8. The highest BCUT2D eigenvalue weighted by molar-refractivity contribution is 5.34. The van der Waals surface area contributed by atoms with E-state index >= 15 is 0 Å². The van der Waals surface area contributed by atoms with Crippen LogP contribution in [0.15, 0.2) is 46.2 Å². The van der Waals surface area contributed by atoms with Crippen LogP contribution >= 0.6 is 0 Å². The molecule has 1 aliphatic rings. The molecule has 1 aromatic carbocycles. The van der Waals surface area contributed by atoms with Gasteiger partial charge in [0.15, 0.2) is 17.3 Å². The van der Waals surface area contributed by atoms with Gasteiger partial charge < -0.3 is 14.6 Å². The maximum atomic E-state index is 14.2. The molecular formula is C22H26FN5O5. The van der Waals surface area contributed by atoms with Gasteiger partial charge in [0.1, 0.15) is 6.73 Å². The summed E-state index contributed by atoms with van der Waals surface area (Å²) in [5, 5.41) is 19.5. The molecule has 0 amide bonds. The standard InChI is InChI=1S/C22H26FN5O5/c1-2-22(31,16-5-6-18(23)19(11-16)33-13-15-3-4-15)28-17(12-24-26-28)8-10-32-14-27-9-7-20(29)25-21(27)30/h5-7,9,11-12,15,31H,2-4,8,10,13-14H2,1H3,(H,25,29,30)/t22-/m1/s1. The van der Waals surface area contributed by atoms with Crippen molar-refractivity contribution in [2.75, 3.05) is 13.2 Å². The SMILES string of the molecule is CC[C@@](O)(c1ccc(F)c(OCC2CC2)c1)n1nncc1CCOCn1ccc(=O)[nH]c1=O. The van der Waals surface area contributed by atoms with Crippen molar-refractivity contribution in [1.29, 1.82) is 0 Å². The van der Waals surface area contributed by atoms with Crippen LogP contribution in [0.25, 0.3) is 0 Å². The topological polar surface area (TPSA) is 124 Å². The van der Waals surface area contributed by atoms with Gasteiger partial charge in [-0.05, 0) is 37.3 Å². The molecule has 1 atom stereocenters. The molecule has 2 N–H and O–H groups in total. The summed E-state index contributed by atoms with van der Waals surface area (Å²) in [6.07, 6.45) is 5.64. The van der Waals surface area contributed by atoms with E-state index in [1.807, 2.05) is 0 Å². The maximum Gasteiger partial charge on any atom is 0.330 e. The zero-order valence-corrected chi connectivity index (χ0v) is 18.2. The summed E-state index contributed by atoms with van der Waals surface area (Å²) in [4.78, 5) is 25.0. The van der Waals surface area contributed by atoms with Crippen molar-refractivity contribution < 1.29 is 19.0 Å². The highest BCUT2D eigenvalue weighted by Crippen LogP contribution is 2.33. The number of rotatable bonds is 11. The number of halogens is 1. The predicted molar refractivity (Wildman–Crippen MR) is 115 cm³/mol. The molecule has 1 aliphatic carbocycles. The van der Waals surface area contributed by atoms with Gasteiger partial charge in [0.25, 0.3) is 5.56 Å². The molecule has 3 aromatic rings. The van der Waals surface area contributed by atoms with E-state index in [4.69, 9.17) is 9.47 Å².